The van der Waals surface area contributed by atoms with Crippen molar-refractivity contribution in [1.82, 2.24) is 5.32 Å². The zero-order valence-corrected chi connectivity index (χ0v) is 14.0. The summed E-state index contributed by atoms with van der Waals surface area (Å²) in [5.41, 5.74) is 1.05. The average Bonchev–Trinajstić information content (AvgIpc) is 2.38. The number of rotatable bonds is 4. The van der Waals surface area contributed by atoms with Gasteiger partial charge in [0.2, 0.25) is 5.91 Å². The SMILES string of the molecule is O=C(Cc1cccc(Br)c1)NCC1CCCCC1Br. The number of benzene rings is 1. The van der Waals surface area contributed by atoms with Gasteiger partial charge in [0, 0.05) is 15.8 Å². The van der Waals surface area contributed by atoms with Gasteiger partial charge in [-0.15, -0.1) is 0 Å². The second-order valence-electron chi connectivity index (χ2n) is 5.17. The van der Waals surface area contributed by atoms with Gasteiger partial charge in [0.15, 0.2) is 0 Å². The van der Waals surface area contributed by atoms with E-state index in [1.807, 2.05) is 24.3 Å². The highest BCUT2D eigenvalue weighted by Crippen LogP contribution is 2.29. The molecular weight excluding hydrogens is 370 g/mol. The largest absolute Gasteiger partial charge is 0.355 e. The summed E-state index contributed by atoms with van der Waals surface area (Å²) >= 11 is 7.15. The summed E-state index contributed by atoms with van der Waals surface area (Å²) in [6.45, 7) is 0.794. The van der Waals surface area contributed by atoms with E-state index < -0.39 is 0 Å². The number of halogens is 2. The smallest absolute Gasteiger partial charge is 0.224 e. The lowest BCUT2D eigenvalue weighted by atomic mass is 9.89. The number of hydrogen-bond donors (Lipinski definition) is 1. The summed E-state index contributed by atoms with van der Waals surface area (Å²) in [6, 6.07) is 7.91. The van der Waals surface area contributed by atoms with E-state index in [2.05, 4.69) is 37.2 Å². The summed E-state index contributed by atoms with van der Waals surface area (Å²) < 4.78 is 1.02. The van der Waals surface area contributed by atoms with Crippen molar-refractivity contribution in [3.8, 4) is 0 Å². The molecule has 1 aliphatic carbocycles. The summed E-state index contributed by atoms with van der Waals surface area (Å²) in [5, 5.41) is 3.07. The topological polar surface area (TPSA) is 29.1 Å². The van der Waals surface area contributed by atoms with E-state index in [1.54, 1.807) is 0 Å². The summed E-state index contributed by atoms with van der Waals surface area (Å²) in [5.74, 6) is 0.698. The van der Waals surface area contributed by atoms with Crippen molar-refractivity contribution >= 4 is 37.8 Å². The van der Waals surface area contributed by atoms with E-state index in [0.29, 0.717) is 17.2 Å². The maximum absolute atomic E-state index is 11.9. The highest BCUT2D eigenvalue weighted by Gasteiger charge is 2.22. The molecule has 1 aromatic carbocycles. The van der Waals surface area contributed by atoms with Gasteiger partial charge in [-0.1, -0.05) is 56.8 Å². The molecular formula is C15H19Br2NO. The lowest BCUT2D eigenvalue weighted by Gasteiger charge is -2.27. The number of amides is 1. The van der Waals surface area contributed by atoms with Gasteiger partial charge in [-0.3, -0.25) is 4.79 Å². The Morgan fingerprint density at radius 3 is 2.84 bits per heavy atom. The van der Waals surface area contributed by atoms with Crippen molar-refractivity contribution in [1.29, 1.82) is 0 Å². The van der Waals surface area contributed by atoms with Gasteiger partial charge in [0.1, 0.15) is 0 Å². The maximum Gasteiger partial charge on any atom is 0.224 e. The van der Waals surface area contributed by atoms with E-state index in [0.717, 1.165) is 16.6 Å². The Kier molecular flexibility index (Phi) is 5.89. The first kappa shape index (κ1) is 15.0. The number of alkyl halides is 1. The zero-order valence-electron chi connectivity index (χ0n) is 10.9. The van der Waals surface area contributed by atoms with E-state index in [4.69, 9.17) is 0 Å². The summed E-state index contributed by atoms with van der Waals surface area (Å²) in [7, 11) is 0. The van der Waals surface area contributed by atoms with Crippen molar-refractivity contribution in [3.63, 3.8) is 0 Å². The van der Waals surface area contributed by atoms with Gasteiger partial charge in [-0.2, -0.15) is 0 Å². The van der Waals surface area contributed by atoms with Crippen molar-refractivity contribution in [2.75, 3.05) is 6.54 Å². The van der Waals surface area contributed by atoms with Crippen LogP contribution in [0.4, 0.5) is 0 Å². The normalized spacial score (nSPS) is 23.1. The lowest BCUT2D eigenvalue weighted by molar-refractivity contribution is -0.120. The van der Waals surface area contributed by atoms with Crippen LogP contribution in [0.15, 0.2) is 28.7 Å². The molecule has 2 atom stereocenters. The van der Waals surface area contributed by atoms with Crippen LogP contribution in [-0.2, 0) is 11.2 Å². The molecule has 1 amide bonds. The Hall–Kier alpha value is -0.350. The predicted molar refractivity (Wildman–Crippen MR) is 85.5 cm³/mol. The third-order valence-electron chi connectivity index (χ3n) is 3.63. The first-order valence-corrected chi connectivity index (χ1v) is 8.51. The monoisotopic (exact) mass is 387 g/mol. The predicted octanol–water partition coefficient (Wildman–Crippen LogP) is 4.06. The molecule has 0 spiro atoms. The maximum atomic E-state index is 11.9. The van der Waals surface area contributed by atoms with Crippen LogP contribution in [0, 0.1) is 5.92 Å². The lowest BCUT2D eigenvalue weighted by Crippen LogP contribution is -2.35. The molecule has 1 aromatic rings. The first-order chi connectivity index (χ1) is 9.15. The molecule has 0 bridgehead atoms. The van der Waals surface area contributed by atoms with Crippen molar-refractivity contribution in [2.24, 2.45) is 5.92 Å². The molecule has 1 saturated carbocycles. The molecule has 0 heterocycles. The van der Waals surface area contributed by atoms with E-state index >= 15 is 0 Å². The van der Waals surface area contributed by atoms with Gasteiger partial charge in [0.25, 0.3) is 0 Å². The van der Waals surface area contributed by atoms with E-state index in [1.165, 1.54) is 25.7 Å². The second-order valence-corrected chi connectivity index (χ2v) is 7.26. The molecule has 2 nitrogen and oxygen atoms in total. The van der Waals surface area contributed by atoms with Crippen molar-refractivity contribution in [3.05, 3.63) is 34.3 Å². The minimum atomic E-state index is 0.114. The summed E-state index contributed by atoms with van der Waals surface area (Å²) in [6.07, 6.45) is 5.49. The minimum absolute atomic E-state index is 0.114. The average molecular weight is 389 g/mol. The summed E-state index contributed by atoms with van der Waals surface area (Å²) in [4.78, 5) is 12.5. The zero-order chi connectivity index (χ0) is 13.7. The fourth-order valence-electron chi connectivity index (χ4n) is 2.53. The van der Waals surface area contributed by atoms with Gasteiger partial charge in [0.05, 0.1) is 6.42 Å². The van der Waals surface area contributed by atoms with E-state index in [-0.39, 0.29) is 5.91 Å². The number of nitrogens with one attached hydrogen (secondary N) is 1. The van der Waals surface area contributed by atoms with Crippen LogP contribution in [0.3, 0.4) is 0 Å². The van der Waals surface area contributed by atoms with Gasteiger partial charge in [-0.25, -0.2) is 0 Å². The van der Waals surface area contributed by atoms with E-state index in [9.17, 15) is 4.79 Å². The molecule has 0 aliphatic heterocycles. The van der Waals surface area contributed by atoms with Crippen molar-refractivity contribution in [2.45, 2.75) is 36.9 Å². The fourth-order valence-corrected chi connectivity index (χ4v) is 3.75. The third kappa shape index (κ3) is 4.92. The second kappa shape index (κ2) is 7.44. The van der Waals surface area contributed by atoms with Crippen LogP contribution in [0.25, 0.3) is 0 Å². The molecule has 2 unspecified atom stereocenters. The Labute approximate surface area is 131 Å². The molecule has 0 radical (unpaired) electrons. The molecule has 1 fully saturated rings. The standard InChI is InChI=1S/C15H19Br2NO/c16-13-6-3-4-11(8-13)9-15(19)18-10-12-5-1-2-7-14(12)17/h3-4,6,8,12,14H,1-2,5,7,9-10H2,(H,18,19). The highest BCUT2D eigenvalue weighted by molar-refractivity contribution is 9.10. The van der Waals surface area contributed by atoms with Gasteiger partial charge in [-0.05, 0) is 36.5 Å². The van der Waals surface area contributed by atoms with Gasteiger partial charge < -0.3 is 5.32 Å². The van der Waals surface area contributed by atoms with Crippen LogP contribution >= 0.6 is 31.9 Å². The molecule has 1 N–H and O–H groups in total. The molecule has 19 heavy (non-hydrogen) atoms. The van der Waals surface area contributed by atoms with Gasteiger partial charge >= 0.3 is 0 Å². The highest BCUT2D eigenvalue weighted by atomic mass is 79.9. The Morgan fingerprint density at radius 2 is 2.11 bits per heavy atom. The van der Waals surface area contributed by atoms with Crippen LogP contribution in [-0.4, -0.2) is 17.3 Å². The van der Waals surface area contributed by atoms with Crippen molar-refractivity contribution < 1.29 is 4.79 Å². The molecule has 2 rings (SSSR count). The Balaban J connectivity index is 1.78. The minimum Gasteiger partial charge on any atom is -0.355 e. The van der Waals surface area contributed by atoms with Crippen LogP contribution in [0.5, 0.6) is 0 Å². The molecule has 0 saturated heterocycles. The Bertz CT molecular complexity index is 436. The molecule has 104 valence electrons. The number of carbonyl (C=O) groups excluding carboxylic acids is 1. The molecule has 4 heteroatoms. The number of hydrogen-bond acceptors (Lipinski definition) is 1. The third-order valence-corrected chi connectivity index (χ3v) is 5.33. The van der Waals surface area contributed by atoms with Crippen LogP contribution in [0.1, 0.15) is 31.2 Å². The first-order valence-electron chi connectivity index (χ1n) is 6.80. The van der Waals surface area contributed by atoms with Crippen LogP contribution < -0.4 is 5.32 Å². The van der Waals surface area contributed by atoms with Crippen LogP contribution in [0.2, 0.25) is 0 Å². The molecule has 1 aliphatic rings. The Morgan fingerprint density at radius 1 is 1.32 bits per heavy atom. The molecule has 0 aromatic heterocycles. The number of carbonyl (C=O) groups is 1. The fraction of sp³-hybridized carbons (Fsp3) is 0.533. The quantitative estimate of drug-likeness (QED) is 0.774.